The van der Waals surface area contributed by atoms with Crippen molar-refractivity contribution in [2.24, 2.45) is 0 Å². The summed E-state index contributed by atoms with van der Waals surface area (Å²) in [5, 5.41) is 9.40. The minimum atomic E-state index is -1.06. The van der Waals surface area contributed by atoms with Crippen molar-refractivity contribution in [3.8, 4) is 11.3 Å². The van der Waals surface area contributed by atoms with Crippen LogP contribution in [0.15, 0.2) is 29.1 Å². The third-order valence-corrected chi connectivity index (χ3v) is 2.83. The summed E-state index contributed by atoms with van der Waals surface area (Å²) in [4.78, 5) is 25.0. The molecule has 1 heterocycles. The van der Waals surface area contributed by atoms with Gasteiger partial charge in [0.25, 0.3) is 0 Å². The second-order valence-corrected chi connectivity index (χ2v) is 4.33. The normalized spacial score (nSPS) is 10.6. The van der Waals surface area contributed by atoms with Crippen LogP contribution >= 0.6 is 11.6 Å². The van der Waals surface area contributed by atoms with Crippen LogP contribution < -0.4 is 5.69 Å². The molecule has 6 heteroatoms. The van der Waals surface area contributed by atoms with Gasteiger partial charge >= 0.3 is 11.7 Å². The average molecular weight is 267 g/mol. The van der Waals surface area contributed by atoms with Crippen LogP contribution in [0, 0.1) is 6.92 Å². The van der Waals surface area contributed by atoms with Crippen LogP contribution in [0.1, 0.15) is 5.69 Å². The first-order valence-electron chi connectivity index (χ1n) is 5.26. The number of aromatic nitrogens is 2. The summed E-state index contributed by atoms with van der Waals surface area (Å²) in [6.45, 7) is 1.35. The highest BCUT2D eigenvalue weighted by atomic mass is 35.5. The van der Waals surface area contributed by atoms with Gasteiger partial charge in [-0.1, -0.05) is 23.7 Å². The van der Waals surface area contributed by atoms with Crippen molar-refractivity contribution in [1.82, 2.24) is 9.55 Å². The van der Waals surface area contributed by atoms with Crippen molar-refractivity contribution in [2.75, 3.05) is 0 Å². The first-order valence-corrected chi connectivity index (χ1v) is 5.64. The number of H-pyrrole nitrogens is 1. The monoisotopic (exact) mass is 266 g/mol. The predicted molar refractivity (Wildman–Crippen MR) is 67.9 cm³/mol. The van der Waals surface area contributed by atoms with Crippen LogP contribution in [0.2, 0.25) is 5.02 Å². The van der Waals surface area contributed by atoms with Gasteiger partial charge in [0.2, 0.25) is 0 Å². The molecule has 1 aromatic heterocycles. The molecule has 0 saturated carbocycles. The summed E-state index contributed by atoms with van der Waals surface area (Å²) in [5.74, 6) is -1.06. The largest absolute Gasteiger partial charge is 0.480 e. The molecule has 18 heavy (non-hydrogen) atoms. The lowest BCUT2D eigenvalue weighted by molar-refractivity contribution is -0.137. The Hall–Kier alpha value is -2.01. The number of nitrogens with zero attached hydrogens (tertiary/aromatic N) is 1. The van der Waals surface area contributed by atoms with E-state index in [1.165, 1.54) is 4.57 Å². The molecule has 0 unspecified atom stereocenters. The molecule has 0 atom stereocenters. The number of rotatable bonds is 3. The first kappa shape index (κ1) is 12.4. The van der Waals surface area contributed by atoms with E-state index in [2.05, 4.69) is 4.98 Å². The number of nitrogens with one attached hydrogen (secondary N) is 1. The van der Waals surface area contributed by atoms with Crippen molar-refractivity contribution < 1.29 is 9.90 Å². The van der Waals surface area contributed by atoms with Gasteiger partial charge in [0, 0.05) is 16.3 Å². The number of hydrogen-bond acceptors (Lipinski definition) is 2. The molecule has 5 nitrogen and oxygen atoms in total. The van der Waals surface area contributed by atoms with Crippen LogP contribution in [0.4, 0.5) is 0 Å². The van der Waals surface area contributed by atoms with Gasteiger partial charge in [-0.15, -0.1) is 0 Å². The number of halogens is 1. The second kappa shape index (κ2) is 4.70. The van der Waals surface area contributed by atoms with Gasteiger partial charge < -0.3 is 10.1 Å². The highest BCUT2D eigenvalue weighted by Crippen LogP contribution is 2.23. The zero-order chi connectivity index (χ0) is 13.3. The highest BCUT2D eigenvalue weighted by molar-refractivity contribution is 6.30. The standard InChI is InChI=1S/C12H11ClN2O3/c1-7-11(8-2-4-9(13)5-3-8)15(6-10(16)17)12(18)14-7/h2-5H,6H2,1H3,(H,14,18)(H,16,17). The number of carboxylic acids is 1. The summed E-state index contributed by atoms with van der Waals surface area (Å²) in [5.41, 5.74) is 1.51. The van der Waals surface area contributed by atoms with Crippen LogP contribution in [0.25, 0.3) is 11.3 Å². The maximum atomic E-state index is 11.7. The Morgan fingerprint density at radius 1 is 1.39 bits per heavy atom. The van der Waals surface area contributed by atoms with E-state index in [9.17, 15) is 9.59 Å². The zero-order valence-electron chi connectivity index (χ0n) is 9.61. The Morgan fingerprint density at radius 3 is 2.56 bits per heavy atom. The molecule has 0 spiro atoms. The number of benzene rings is 1. The smallest absolute Gasteiger partial charge is 0.326 e. The number of carboxylic acid groups (broad SMARTS) is 1. The predicted octanol–water partition coefficient (Wildman–Crippen LogP) is 1.89. The Labute approximate surface area is 108 Å². The number of imidazole rings is 1. The molecular formula is C12H11ClN2O3. The van der Waals surface area contributed by atoms with Crippen molar-refractivity contribution in [1.29, 1.82) is 0 Å². The van der Waals surface area contributed by atoms with Gasteiger partial charge in [0.15, 0.2) is 0 Å². The summed E-state index contributed by atoms with van der Waals surface area (Å²) in [6, 6.07) is 6.88. The van der Waals surface area contributed by atoms with Crippen molar-refractivity contribution in [3.63, 3.8) is 0 Å². The minimum absolute atomic E-state index is 0.374. The van der Waals surface area contributed by atoms with E-state index in [0.717, 1.165) is 5.56 Å². The lowest BCUT2D eigenvalue weighted by atomic mass is 10.1. The molecule has 2 N–H and O–H groups in total. The van der Waals surface area contributed by atoms with Crippen molar-refractivity contribution >= 4 is 17.6 Å². The Balaban J connectivity index is 2.59. The Kier molecular flexibility index (Phi) is 3.25. The maximum Gasteiger partial charge on any atom is 0.326 e. The molecule has 0 aliphatic heterocycles. The molecule has 2 rings (SSSR count). The van der Waals surface area contributed by atoms with E-state index in [1.807, 2.05) is 0 Å². The van der Waals surface area contributed by atoms with Crippen LogP contribution in [0.3, 0.4) is 0 Å². The molecule has 94 valence electrons. The molecule has 0 fully saturated rings. The topological polar surface area (TPSA) is 75.1 Å². The van der Waals surface area contributed by atoms with Crippen molar-refractivity contribution in [3.05, 3.63) is 45.5 Å². The number of aliphatic carboxylic acids is 1. The van der Waals surface area contributed by atoms with E-state index in [0.29, 0.717) is 16.4 Å². The first-order chi connectivity index (χ1) is 8.49. The van der Waals surface area contributed by atoms with Crippen molar-refractivity contribution in [2.45, 2.75) is 13.5 Å². The van der Waals surface area contributed by atoms with Gasteiger partial charge in [0.1, 0.15) is 6.54 Å². The molecule has 0 aliphatic rings. The highest BCUT2D eigenvalue weighted by Gasteiger charge is 2.14. The van der Waals surface area contributed by atoms with E-state index < -0.39 is 11.7 Å². The number of aryl methyl sites for hydroxylation is 1. The van der Waals surface area contributed by atoms with E-state index in [-0.39, 0.29) is 6.54 Å². The van der Waals surface area contributed by atoms with Gasteiger partial charge in [-0.25, -0.2) is 4.79 Å². The molecule has 0 aliphatic carbocycles. The average Bonchev–Trinajstić information content (AvgIpc) is 2.55. The quantitative estimate of drug-likeness (QED) is 0.891. The molecule has 2 aromatic rings. The van der Waals surface area contributed by atoms with E-state index >= 15 is 0 Å². The fourth-order valence-electron chi connectivity index (χ4n) is 1.86. The van der Waals surface area contributed by atoms with E-state index in [1.54, 1.807) is 31.2 Å². The van der Waals surface area contributed by atoms with E-state index in [4.69, 9.17) is 16.7 Å². The van der Waals surface area contributed by atoms with Gasteiger partial charge in [0.05, 0.1) is 5.69 Å². The number of aromatic amines is 1. The molecule has 0 amide bonds. The number of carbonyl (C=O) groups is 1. The third kappa shape index (κ3) is 2.31. The zero-order valence-corrected chi connectivity index (χ0v) is 10.4. The van der Waals surface area contributed by atoms with Gasteiger partial charge in [-0.3, -0.25) is 9.36 Å². The lowest BCUT2D eigenvalue weighted by Gasteiger charge is -2.06. The fourth-order valence-corrected chi connectivity index (χ4v) is 1.98. The molecule has 0 bridgehead atoms. The molecule has 0 radical (unpaired) electrons. The van der Waals surface area contributed by atoms with Gasteiger partial charge in [-0.05, 0) is 19.1 Å². The SMILES string of the molecule is Cc1[nH]c(=O)n(CC(=O)O)c1-c1ccc(Cl)cc1. The Bertz CT molecular complexity index is 640. The Morgan fingerprint density at radius 2 is 2.00 bits per heavy atom. The van der Waals surface area contributed by atoms with Gasteiger partial charge in [-0.2, -0.15) is 0 Å². The lowest BCUT2D eigenvalue weighted by Crippen LogP contribution is -2.22. The summed E-state index contributed by atoms with van der Waals surface area (Å²) in [7, 11) is 0. The molecule has 0 saturated heterocycles. The maximum absolute atomic E-state index is 11.7. The minimum Gasteiger partial charge on any atom is -0.480 e. The summed E-state index contributed by atoms with van der Waals surface area (Å²) < 4.78 is 1.20. The molecule has 1 aromatic carbocycles. The van der Waals surface area contributed by atoms with Crippen LogP contribution in [0.5, 0.6) is 0 Å². The number of hydrogen-bond donors (Lipinski definition) is 2. The third-order valence-electron chi connectivity index (χ3n) is 2.58. The summed E-state index contributed by atoms with van der Waals surface area (Å²) in [6.07, 6.45) is 0. The second-order valence-electron chi connectivity index (χ2n) is 3.89. The summed E-state index contributed by atoms with van der Waals surface area (Å²) >= 11 is 5.80. The molecular weight excluding hydrogens is 256 g/mol. The van der Waals surface area contributed by atoms with Crippen LogP contribution in [-0.2, 0) is 11.3 Å². The fraction of sp³-hybridized carbons (Fsp3) is 0.167. The van der Waals surface area contributed by atoms with Crippen LogP contribution in [-0.4, -0.2) is 20.6 Å².